The van der Waals surface area contributed by atoms with E-state index in [9.17, 15) is 53.3 Å². The van der Waals surface area contributed by atoms with Gasteiger partial charge < -0.3 is 33.2 Å². The first-order chi connectivity index (χ1) is 32.5. The van der Waals surface area contributed by atoms with Crippen molar-refractivity contribution in [1.82, 2.24) is 5.06 Å². The van der Waals surface area contributed by atoms with E-state index in [1.165, 1.54) is 31.4 Å². The van der Waals surface area contributed by atoms with Gasteiger partial charge in [0.2, 0.25) is 5.69 Å². The maximum atomic E-state index is 12.5. The zero-order chi connectivity index (χ0) is 50.6. The molecule has 0 radical (unpaired) electrons. The summed E-state index contributed by atoms with van der Waals surface area (Å²) in [7, 11) is -10.7. The third-order valence-electron chi connectivity index (χ3n) is 12.3. The molecule has 20 nitrogen and oxygen atoms in total. The second kappa shape index (κ2) is 29.7. The minimum Gasteiger partial charge on any atom is -0.744 e. The molecule has 3 aliphatic heterocycles. The van der Waals surface area contributed by atoms with E-state index in [0.717, 1.165) is 5.70 Å². The van der Waals surface area contributed by atoms with Gasteiger partial charge in [0, 0.05) is 81.1 Å². The van der Waals surface area contributed by atoms with Crippen molar-refractivity contribution >= 4 is 65.2 Å². The zero-order valence-corrected chi connectivity index (χ0v) is 50.6. The van der Waals surface area contributed by atoms with Gasteiger partial charge in [-0.15, -0.1) is 5.06 Å². The molecule has 72 heavy (non-hydrogen) atoms. The third-order valence-corrected chi connectivity index (χ3v) is 14.8. The van der Waals surface area contributed by atoms with Gasteiger partial charge in [-0.05, 0) is 87.9 Å². The van der Waals surface area contributed by atoms with Gasteiger partial charge in [0.25, 0.3) is 32.1 Å². The van der Waals surface area contributed by atoms with Crippen molar-refractivity contribution in [1.29, 1.82) is 0 Å². The Balaban J connectivity index is 0.00000592. The van der Waals surface area contributed by atoms with Crippen LogP contribution >= 0.6 is 0 Å². The summed E-state index contributed by atoms with van der Waals surface area (Å²) in [5.74, 6) is -2.40. The summed E-state index contributed by atoms with van der Waals surface area (Å²) in [5.41, 5.74) is 1.88. The van der Waals surface area contributed by atoms with Crippen LogP contribution in [0.15, 0.2) is 82.3 Å². The second-order valence-electron chi connectivity index (χ2n) is 17.1. The monoisotopic (exact) mass is 1090 g/mol. The minimum atomic E-state index is -4.82. The summed E-state index contributed by atoms with van der Waals surface area (Å²) < 4.78 is 129. The largest absolute Gasteiger partial charge is 1.00 e. The molecule has 0 bridgehead atoms. The van der Waals surface area contributed by atoms with Crippen LogP contribution in [-0.2, 0) is 79.4 Å². The Kier molecular flexibility index (Phi) is 27.4. The van der Waals surface area contributed by atoms with E-state index in [4.69, 9.17) is 23.8 Å². The Morgan fingerprint density at radius 1 is 0.750 bits per heavy atom. The number of benzene rings is 2. The van der Waals surface area contributed by atoms with E-state index >= 15 is 0 Å². The Bertz CT molecular complexity index is 2680. The van der Waals surface area contributed by atoms with Crippen molar-refractivity contribution < 1.29 is 170 Å². The van der Waals surface area contributed by atoms with Gasteiger partial charge in [0.15, 0.2) is 12.3 Å². The van der Waals surface area contributed by atoms with Gasteiger partial charge in [-0.3, -0.25) is 18.7 Å². The molecule has 380 valence electrons. The molecule has 2 N–H and O–H groups in total. The Labute approximate surface area is 489 Å². The van der Waals surface area contributed by atoms with E-state index in [2.05, 4.69) is 0 Å². The minimum absolute atomic E-state index is 0. The molecule has 0 aliphatic carbocycles. The number of fused-ring (bicyclic) bond motifs is 2. The quantitative estimate of drug-likeness (QED) is 0.0203. The molecule has 0 aromatic heterocycles. The van der Waals surface area contributed by atoms with Crippen LogP contribution in [0.1, 0.15) is 82.8 Å². The predicted octanol–water partition coefficient (Wildman–Crippen LogP) is -4.47. The SMILES string of the molecule is COCCOCCOCC[N+]1=C(/C=C/C=C/C=C2/N(CCCCCC(=O)ON3C(=O)CCC3=O)c3ccc(S(=O)(=O)[O-])cc3C2(C)CCOC)C(C)(CCCS(=O)(=O)O)c2cc(S(=O)(=O)O)ccc21.[Na+].[Na+].[Na+]. The Morgan fingerprint density at radius 3 is 2.00 bits per heavy atom. The van der Waals surface area contributed by atoms with E-state index in [-0.39, 0.29) is 157 Å². The normalized spacial score (nSPS) is 19.5. The molecule has 2 atom stereocenters. The van der Waals surface area contributed by atoms with Gasteiger partial charge in [0.1, 0.15) is 16.7 Å². The molecule has 1 fully saturated rings. The van der Waals surface area contributed by atoms with Crippen LogP contribution < -0.4 is 93.6 Å². The number of anilines is 1. The molecule has 3 heterocycles. The number of carbonyl (C=O) groups excluding carboxylic acids is 3. The molecular weight excluding hydrogens is 1030 g/mol. The number of amides is 2. The van der Waals surface area contributed by atoms with Crippen molar-refractivity contribution in [3.63, 3.8) is 0 Å². The van der Waals surface area contributed by atoms with Crippen LogP contribution in [0.25, 0.3) is 0 Å². The standard InChI is InChI=1S/C46H61N3O17S3.3Na/c1-45(21-11-31-67(53,54)55)36-32-34(68(56,57)58)16-18-39(36)48(24-26-64-29-30-65-28-27-63-4)40(45)12-7-5-8-13-41-46(2,22-25-62-3)37-33-35(69(59,60)61)15-17-38(37)47(41)23-10-6-9-14-44(52)66-49-42(50)19-20-43(49)51;;;/h5,7-8,12-13,15-18,32-33H,6,9-11,14,19-31H2,1-4H3,(H2-,53,54,55,56,57,58,59,60,61);;;/q;3*+1. The first kappa shape index (κ1) is 66.4. The van der Waals surface area contributed by atoms with Gasteiger partial charge in [-0.1, -0.05) is 24.6 Å². The summed E-state index contributed by atoms with van der Waals surface area (Å²) in [6.45, 7) is 6.34. The zero-order valence-electron chi connectivity index (χ0n) is 42.2. The molecule has 3 aliphatic rings. The molecule has 1 saturated heterocycles. The van der Waals surface area contributed by atoms with Crippen LogP contribution in [0.3, 0.4) is 0 Å². The fourth-order valence-electron chi connectivity index (χ4n) is 8.80. The van der Waals surface area contributed by atoms with Gasteiger partial charge in [-0.2, -0.15) is 21.4 Å². The van der Waals surface area contributed by atoms with E-state index in [1.54, 1.807) is 43.5 Å². The fraction of sp³-hybridized carbons (Fsp3) is 0.522. The smallest absolute Gasteiger partial charge is 0.744 e. The molecule has 2 amide bonds. The van der Waals surface area contributed by atoms with Gasteiger partial charge >= 0.3 is 94.6 Å². The molecule has 5 rings (SSSR count). The molecule has 2 aromatic carbocycles. The number of ether oxygens (including phenoxy) is 4. The molecule has 0 spiro atoms. The van der Waals surface area contributed by atoms with Crippen molar-refractivity contribution in [2.75, 3.05) is 77.6 Å². The van der Waals surface area contributed by atoms with Crippen molar-refractivity contribution in [2.24, 2.45) is 0 Å². The summed E-state index contributed by atoms with van der Waals surface area (Å²) in [6, 6.07) is 8.45. The molecule has 2 aromatic rings. The summed E-state index contributed by atoms with van der Waals surface area (Å²) in [6.07, 6.45) is 10.9. The first-order valence-corrected chi connectivity index (χ1v) is 26.9. The fourth-order valence-corrected chi connectivity index (χ4v) is 10.3. The number of allylic oxidation sites excluding steroid dienone is 6. The molecular formula is C46H61N3Na3O17S3+3. The Morgan fingerprint density at radius 2 is 1.38 bits per heavy atom. The maximum absolute atomic E-state index is 12.5. The number of carbonyl (C=O) groups is 3. The van der Waals surface area contributed by atoms with Crippen LogP contribution in [0.5, 0.6) is 0 Å². The number of nitrogens with zero attached hydrogens (tertiary/aromatic N) is 3. The summed E-state index contributed by atoms with van der Waals surface area (Å²) >= 11 is 0. The first-order valence-electron chi connectivity index (χ1n) is 22.4. The maximum Gasteiger partial charge on any atom is 1.00 e. The van der Waals surface area contributed by atoms with Crippen LogP contribution in [0.4, 0.5) is 11.4 Å². The van der Waals surface area contributed by atoms with E-state index in [1.807, 2.05) is 29.4 Å². The van der Waals surface area contributed by atoms with Crippen LogP contribution in [0.2, 0.25) is 0 Å². The van der Waals surface area contributed by atoms with Crippen LogP contribution in [-0.4, -0.2) is 145 Å². The van der Waals surface area contributed by atoms with Gasteiger partial charge in [0.05, 0.1) is 47.4 Å². The Hall–Kier alpha value is -1.69. The van der Waals surface area contributed by atoms with Crippen LogP contribution in [0, 0.1) is 0 Å². The van der Waals surface area contributed by atoms with Crippen molar-refractivity contribution in [3.05, 3.63) is 83.6 Å². The number of unbranched alkanes of at least 4 members (excludes halogenated alkanes) is 2. The van der Waals surface area contributed by atoms with Crippen molar-refractivity contribution in [2.45, 2.75) is 92.3 Å². The van der Waals surface area contributed by atoms with E-state index < -0.39 is 64.7 Å². The number of methoxy groups -OCH3 is 2. The predicted molar refractivity (Wildman–Crippen MR) is 250 cm³/mol. The summed E-state index contributed by atoms with van der Waals surface area (Å²) in [5, 5.41) is 0.511. The summed E-state index contributed by atoms with van der Waals surface area (Å²) in [4.78, 5) is 42.5. The topological polar surface area (TPSA) is 273 Å². The number of hydrogen-bond acceptors (Lipinski definition) is 16. The average Bonchev–Trinajstić information content (AvgIpc) is 3.81. The number of imide groups is 1. The molecule has 26 heteroatoms. The third kappa shape index (κ3) is 17.7. The average molecular weight is 1090 g/mol. The molecule has 2 unspecified atom stereocenters. The van der Waals surface area contributed by atoms with Gasteiger partial charge in [-0.25, -0.2) is 13.2 Å². The van der Waals surface area contributed by atoms with Crippen molar-refractivity contribution in [3.8, 4) is 0 Å². The number of rotatable bonds is 28. The number of hydroxylamine groups is 2. The number of hydrogen-bond donors (Lipinski definition) is 2. The molecule has 0 saturated carbocycles. The second-order valence-corrected chi connectivity index (χ2v) is 21.5. The van der Waals surface area contributed by atoms with E-state index in [0.29, 0.717) is 85.3 Å².